The van der Waals surface area contributed by atoms with Crippen molar-refractivity contribution >= 4 is 21.5 Å². The number of halogens is 4. The van der Waals surface area contributed by atoms with Gasteiger partial charge in [-0.2, -0.15) is 18.2 Å². The Morgan fingerprint density at radius 3 is 2.38 bits per heavy atom. The van der Waals surface area contributed by atoms with Crippen molar-refractivity contribution in [3.05, 3.63) is 65.8 Å². The highest BCUT2D eigenvalue weighted by Crippen LogP contribution is 2.29. The molecule has 2 aromatic carbocycles. The summed E-state index contributed by atoms with van der Waals surface area (Å²) >= 11 is 0. The number of anilines is 1. The molecule has 3 aromatic rings. The maximum absolute atomic E-state index is 13.1. The van der Waals surface area contributed by atoms with Crippen molar-refractivity contribution in [2.75, 3.05) is 10.5 Å². The molecular formula is C17H11F4N3O4S. The van der Waals surface area contributed by atoms with Gasteiger partial charge in [-0.1, -0.05) is 35.5 Å². The van der Waals surface area contributed by atoms with Gasteiger partial charge in [-0.3, -0.25) is 9.52 Å². The highest BCUT2D eigenvalue weighted by molar-refractivity contribution is 7.93. The van der Waals surface area contributed by atoms with Gasteiger partial charge in [-0.25, -0.2) is 12.8 Å². The Hall–Kier alpha value is -3.28. The molecule has 3 rings (SSSR count). The van der Waals surface area contributed by atoms with Gasteiger partial charge in [-0.15, -0.1) is 0 Å². The first kappa shape index (κ1) is 20.5. The average Bonchev–Trinajstić information content (AvgIpc) is 3.11. The minimum absolute atomic E-state index is 0.00194. The summed E-state index contributed by atoms with van der Waals surface area (Å²) in [5.41, 5.74) is 0.102. The fourth-order valence-electron chi connectivity index (χ4n) is 2.28. The largest absolute Gasteiger partial charge is 0.471 e. The fourth-order valence-corrected chi connectivity index (χ4v) is 3.35. The van der Waals surface area contributed by atoms with Gasteiger partial charge in [0, 0.05) is 11.1 Å². The third kappa shape index (κ3) is 5.16. The number of aromatic nitrogens is 2. The van der Waals surface area contributed by atoms with E-state index in [1.54, 1.807) is 0 Å². The fraction of sp³-hybridized carbons (Fsp3) is 0.118. The Balaban J connectivity index is 1.71. The Morgan fingerprint density at radius 2 is 1.79 bits per heavy atom. The van der Waals surface area contributed by atoms with Gasteiger partial charge >= 0.3 is 12.1 Å². The second-order valence-corrected chi connectivity index (χ2v) is 7.52. The van der Waals surface area contributed by atoms with Gasteiger partial charge in [0.1, 0.15) is 11.6 Å². The predicted octanol–water partition coefficient (Wildman–Crippen LogP) is 3.52. The first-order valence-electron chi connectivity index (χ1n) is 7.84. The summed E-state index contributed by atoms with van der Waals surface area (Å²) in [6.07, 6.45) is -4.79. The molecule has 1 aromatic heterocycles. The maximum atomic E-state index is 13.1. The lowest BCUT2D eigenvalue weighted by atomic mass is 10.1. The molecule has 0 bridgehead atoms. The van der Waals surface area contributed by atoms with Crippen molar-refractivity contribution in [3.63, 3.8) is 0 Å². The highest BCUT2D eigenvalue weighted by atomic mass is 32.2. The molecule has 0 aliphatic rings. The lowest BCUT2D eigenvalue weighted by molar-refractivity contribution is -0.159. The zero-order valence-corrected chi connectivity index (χ0v) is 15.1. The molecule has 1 heterocycles. The maximum Gasteiger partial charge on any atom is 0.471 e. The quantitative estimate of drug-likeness (QED) is 0.475. The van der Waals surface area contributed by atoms with Gasteiger partial charge < -0.3 is 4.52 Å². The second-order valence-electron chi connectivity index (χ2n) is 5.79. The summed E-state index contributed by atoms with van der Waals surface area (Å²) in [5, 5.41) is 3.21. The molecular weight excluding hydrogens is 418 g/mol. The molecule has 0 saturated heterocycles. The van der Waals surface area contributed by atoms with E-state index in [0.29, 0.717) is 0 Å². The molecule has 0 aliphatic carbocycles. The lowest BCUT2D eigenvalue weighted by Crippen LogP contribution is -2.23. The molecule has 7 nitrogen and oxygen atoms in total. The van der Waals surface area contributed by atoms with Crippen LogP contribution in [0.4, 0.5) is 23.2 Å². The molecule has 152 valence electrons. The zero-order valence-electron chi connectivity index (χ0n) is 14.3. The van der Waals surface area contributed by atoms with E-state index in [9.17, 15) is 30.8 Å². The van der Waals surface area contributed by atoms with E-state index in [0.717, 1.165) is 12.1 Å². The van der Waals surface area contributed by atoms with Crippen molar-refractivity contribution in [2.24, 2.45) is 0 Å². The number of alkyl halides is 3. The molecule has 0 fully saturated rings. The number of hydrogen-bond acceptors (Lipinski definition) is 6. The van der Waals surface area contributed by atoms with Crippen LogP contribution in [0, 0.1) is 5.82 Å². The molecule has 0 spiro atoms. The summed E-state index contributed by atoms with van der Waals surface area (Å²) in [4.78, 5) is 15.4. The predicted molar refractivity (Wildman–Crippen MR) is 92.9 cm³/mol. The van der Waals surface area contributed by atoms with Crippen molar-refractivity contribution in [2.45, 2.75) is 6.18 Å². The van der Waals surface area contributed by atoms with Crippen molar-refractivity contribution < 1.29 is 35.3 Å². The third-order valence-electron chi connectivity index (χ3n) is 3.55. The second kappa shape index (κ2) is 7.62. The minimum atomic E-state index is -4.79. The average molecular weight is 429 g/mol. The van der Waals surface area contributed by atoms with Gasteiger partial charge in [0.2, 0.25) is 15.8 Å². The van der Waals surface area contributed by atoms with Crippen LogP contribution in [0.5, 0.6) is 0 Å². The van der Waals surface area contributed by atoms with E-state index in [-0.39, 0.29) is 22.6 Å². The summed E-state index contributed by atoms with van der Waals surface area (Å²) in [5.74, 6) is -4.19. The number of benzene rings is 2. The van der Waals surface area contributed by atoms with E-state index in [1.165, 1.54) is 36.4 Å². The first-order chi connectivity index (χ1) is 13.5. The third-order valence-corrected chi connectivity index (χ3v) is 4.74. The number of Topliss-reactive ketones (excluding diaryl/α,β-unsaturated/α-hetero) is 1. The van der Waals surface area contributed by atoms with Gasteiger partial charge in [0.25, 0.3) is 0 Å². The van der Waals surface area contributed by atoms with E-state index < -0.39 is 39.4 Å². The normalized spacial score (nSPS) is 12.0. The Bertz CT molecular complexity index is 1140. The summed E-state index contributed by atoms with van der Waals surface area (Å²) < 4.78 is 81.0. The lowest BCUT2D eigenvalue weighted by Gasteiger charge is -2.08. The van der Waals surface area contributed by atoms with Crippen molar-refractivity contribution in [1.29, 1.82) is 0 Å². The molecule has 0 unspecified atom stereocenters. The minimum Gasteiger partial charge on any atom is -0.329 e. The molecule has 12 heteroatoms. The number of nitrogens with zero attached hydrogens (tertiary/aromatic N) is 2. The molecule has 29 heavy (non-hydrogen) atoms. The number of sulfonamides is 1. The topological polar surface area (TPSA) is 102 Å². The SMILES string of the molecule is O=C(CS(=O)(=O)Nc1cccc(F)c1)c1ccc(-c2noc(C(F)(F)F)n2)cc1. The summed E-state index contributed by atoms with van der Waals surface area (Å²) in [6.45, 7) is 0. The van der Waals surface area contributed by atoms with E-state index in [4.69, 9.17) is 0 Å². The Labute approximate surface area is 161 Å². The number of carbonyl (C=O) groups is 1. The van der Waals surface area contributed by atoms with Gasteiger partial charge in [-0.05, 0) is 18.2 Å². The molecule has 0 aliphatic heterocycles. The Morgan fingerprint density at radius 1 is 1.10 bits per heavy atom. The van der Waals surface area contributed by atoms with Crippen LogP contribution in [-0.2, 0) is 16.2 Å². The Kier molecular flexibility index (Phi) is 5.38. The van der Waals surface area contributed by atoms with Gasteiger partial charge in [0.15, 0.2) is 5.78 Å². The highest BCUT2D eigenvalue weighted by Gasteiger charge is 2.38. The summed E-state index contributed by atoms with van der Waals surface area (Å²) in [7, 11) is -4.10. The zero-order chi connectivity index (χ0) is 21.2. The van der Waals surface area contributed by atoms with Crippen LogP contribution >= 0.6 is 0 Å². The van der Waals surface area contributed by atoms with Crippen LogP contribution in [0.1, 0.15) is 16.2 Å². The molecule has 0 saturated carbocycles. The van der Waals surface area contributed by atoms with Crippen LogP contribution in [0.25, 0.3) is 11.4 Å². The van der Waals surface area contributed by atoms with Crippen LogP contribution < -0.4 is 4.72 Å². The van der Waals surface area contributed by atoms with Crippen LogP contribution in [0.3, 0.4) is 0 Å². The number of hydrogen-bond donors (Lipinski definition) is 1. The van der Waals surface area contributed by atoms with E-state index >= 15 is 0 Å². The van der Waals surface area contributed by atoms with Crippen LogP contribution in [-0.4, -0.2) is 30.1 Å². The van der Waals surface area contributed by atoms with Gasteiger partial charge in [0.05, 0.1) is 5.69 Å². The number of ketones is 1. The van der Waals surface area contributed by atoms with E-state index in [1.807, 2.05) is 0 Å². The van der Waals surface area contributed by atoms with Crippen LogP contribution in [0.15, 0.2) is 53.1 Å². The van der Waals surface area contributed by atoms with Crippen molar-refractivity contribution in [3.8, 4) is 11.4 Å². The van der Waals surface area contributed by atoms with E-state index in [2.05, 4.69) is 19.4 Å². The monoisotopic (exact) mass is 429 g/mol. The molecule has 0 amide bonds. The summed E-state index contributed by atoms with van der Waals surface area (Å²) in [6, 6.07) is 9.66. The first-order valence-corrected chi connectivity index (χ1v) is 9.49. The molecule has 0 radical (unpaired) electrons. The number of rotatable bonds is 6. The van der Waals surface area contributed by atoms with Crippen LogP contribution in [0.2, 0.25) is 0 Å². The smallest absolute Gasteiger partial charge is 0.329 e. The number of carbonyl (C=O) groups excluding carboxylic acids is 1. The number of nitrogens with one attached hydrogen (secondary N) is 1. The molecule has 1 N–H and O–H groups in total. The van der Waals surface area contributed by atoms with Crippen molar-refractivity contribution in [1.82, 2.24) is 10.1 Å². The standard InChI is InChI=1S/C17H11F4N3O4S/c18-12-2-1-3-13(8-12)24-29(26,27)9-14(25)10-4-6-11(7-5-10)15-22-16(28-23-15)17(19,20)21/h1-8,24H,9H2. The molecule has 0 atom stereocenters.